The molecule has 0 unspecified atom stereocenters. The zero-order valence-electron chi connectivity index (χ0n) is 21.1. The normalized spacial score (nSPS) is 16.9. The minimum Gasteiger partial charge on any atom is -0.360 e. The number of rotatable bonds is 11. The second-order valence-electron chi connectivity index (χ2n) is 9.46. The molecule has 1 atom stereocenters. The van der Waals surface area contributed by atoms with Crippen molar-refractivity contribution in [2.24, 2.45) is 4.99 Å². The van der Waals surface area contributed by atoms with Crippen LogP contribution < -0.4 is 10.6 Å². The number of benzene rings is 2. The van der Waals surface area contributed by atoms with E-state index >= 15 is 0 Å². The number of sulfonamides is 1. The van der Waals surface area contributed by atoms with Crippen LogP contribution in [0.2, 0.25) is 0 Å². The smallest absolute Gasteiger partial charge is 0.360 e. The molecule has 2 N–H and O–H groups in total. The summed E-state index contributed by atoms with van der Waals surface area (Å²) in [5.74, 6) is -0.651. The molecule has 1 amide bonds. The fraction of sp³-hybridized carbons (Fsp3) is 0.385. The third-order valence-electron chi connectivity index (χ3n) is 5.98. The van der Waals surface area contributed by atoms with Crippen LogP contribution in [0.3, 0.4) is 0 Å². The Labute approximate surface area is 219 Å². The summed E-state index contributed by atoms with van der Waals surface area (Å²) >= 11 is 0. The van der Waals surface area contributed by atoms with E-state index in [0.717, 1.165) is 4.31 Å². The number of hydrogen-bond acceptors (Lipinski definition) is 5. The summed E-state index contributed by atoms with van der Waals surface area (Å²) in [5.41, 5.74) is -0.123. The number of allylic oxidation sites excluding steroid dienone is 1. The van der Waals surface area contributed by atoms with Crippen molar-refractivity contribution in [1.29, 1.82) is 0 Å². The lowest BCUT2D eigenvalue weighted by Gasteiger charge is -2.27. The average molecular weight is 555 g/mol. The number of amides is 1. The molecule has 0 spiro atoms. The Bertz CT molecular complexity index is 1280. The SMILES string of the molecule is C=C(CCC1=NC(C)(C)[C@H](C(=O)NCCC(F)(F)F)N1)N(Cc1ccc(F)cc1)S(=O)(=O)c1ccccc1. The highest BCUT2D eigenvalue weighted by molar-refractivity contribution is 7.89. The van der Waals surface area contributed by atoms with E-state index in [0.29, 0.717) is 11.4 Å². The quantitative estimate of drug-likeness (QED) is 0.400. The molecular weight excluding hydrogens is 524 g/mol. The number of halogens is 4. The highest BCUT2D eigenvalue weighted by Crippen LogP contribution is 2.27. The maximum atomic E-state index is 13.5. The highest BCUT2D eigenvalue weighted by Gasteiger charge is 2.41. The van der Waals surface area contributed by atoms with Gasteiger partial charge < -0.3 is 10.6 Å². The molecule has 38 heavy (non-hydrogen) atoms. The first-order valence-corrected chi connectivity index (χ1v) is 13.3. The molecule has 1 heterocycles. The van der Waals surface area contributed by atoms with Gasteiger partial charge in [0.1, 0.15) is 11.9 Å². The van der Waals surface area contributed by atoms with Crippen LogP contribution in [0, 0.1) is 5.82 Å². The van der Waals surface area contributed by atoms with E-state index in [1.165, 1.54) is 36.4 Å². The molecule has 1 aliphatic heterocycles. The number of aliphatic imine (C=N–C) groups is 1. The molecule has 2 aromatic carbocycles. The summed E-state index contributed by atoms with van der Waals surface area (Å²) in [4.78, 5) is 17.1. The van der Waals surface area contributed by atoms with E-state index in [9.17, 15) is 30.8 Å². The first-order chi connectivity index (χ1) is 17.7. The van der Waals surface area contributed by atoms with Gasteiger partial charge in [-0.2, -0.15) is 13.2 Å². The first kappa shape index (κ1) is 29.2. The molecule has 0 aromatic heterocycles. The lowest BCUT2D eigenvalue weighted by molar-refractivity contribution is -0.136. The minimum absolute atomic E-state index is 0.0660. The predicted octanol–water partition coefficient (Wildman–Crippen LogP) is 4.53. The van der Waals surface area contributed by atoms with Gasteiger partial charge in [0.2, 0.25) is 5.91 Å². The van der Waals surface area contributed by atoms with Crippen LogP contribution >= 0.6 is 0 Å². The van der Waals surface area contributed by atoms with E-state index < -0.39 is 52.5 Å². The number of alkyl halides is 3. The highest BCUT2D eigenvalue weighted by atomic mass is 32.2. The van der Waals surface area contributed by atoms with Gasteiger partial charge in [-0.1, -0.05) is 36.9 Å². The van der Waals surface area contributed by atoms with Crippen LogP contribution in [0.25, 0.3) is 0 Å². The fourth-order valence-electron chi connectivity index (χ4n) is 3.96. The number of carbonyl (C=O) groups excluding carboxylic acids is 1. The molecule has 0 aliphatic carbocycles. The molecular formula is C26H30F4N4O3S. The Morgan fingerprint density at radius 1 is 1.13 bits per heavy atom. The van der Waals surface area contributed by atoms with Gasteiger partial charge in [-0.3, -0.25) is 14.1 Å². The number of nitrogens with zero attached hydrogens (tertiary/aromatic N) is 2. The summed E-state index contributed by atoms with van der Waals surface area (Å²) in [6, 6.07) is 12.4. The summed E-state index contributed by atoms with van der Waals surface area (Å²) in [5, 5.41) is 5.24. The molecule has 0 bridgehead atoms. The Morgan fingerprint density at radius 3 is 2.37 bits per heavy atom. The van der Waals surface area contributed by atoms with Crippen LogP contribution in [0.4, 0.5) is 17.6 Å². The minimum atomic E-state index is -4.38. The Hall–Kier alpha value is -3.41. The van der Waals surface area contributed by atoms with Gasteiger partial charge >= 0.3 is 6.18 Å². The molecule has 206 valence electrons. The second kappa shape index (κ2) is 11.5. The average Bonchev–Trinajstić information content (AvgIpc) is 3.16. The van der Waals surface area contributed by atoms with Crippen molar-refractivity contribution in [2.75, 3.05) is 6.54 Å². The van der Waals surface area contributed by atoms with Gasteiger partial charge in [-0.15, -0.1) is 0 Å². The Morgan fingerprint density at radius 2 is 1.76 bits per heavy atom. The van der Waals surface area contributed by atoms with Crippen molar-refractivity contribution in [3.8, 4) is 0 Å². The monoisotopic (exact) mass is 554 g/mol. The van der Waals surface area contributed by atoms with E-state index in [4.69, 9.17) is 0 Å². The van der Waals surface area contributed by atoms with E-state index in [1.807, 2.05) is 0 Å². The molecule has 0 saturated carbocycles. The number of amidine groups is 1. The molecule has 2 aromatic rings. The third kappa shape index (κ3) is 7.56. The van der Waals surface area contributed by atoms with Crippen molar-refractivity contribution >= 4 is 21.8 Å². The molecule has 0 fully saturated rings. The van der Waals surface area contributed by atoms with Gasteiger partial charge in [0, 0.05) is 18.7 Å². The van der Waals surface area contributed by atoms with Crippen LogP contribution in [-0.2, 0) is 21.4 Å². The van der Waals surface area contributed by atoms with Crippen LogP contribution in [0.1, 0.15) is 38.7 Å². The predicted molar refractivity (Wildman–Crippen MR) is 136 cm³/mol. The topological polar surface area (TPSA) is 90.9 Å². The Balaban J connectivity index is 1.71. The molecule has 7 nitrogen and oxygen atoms in total. The number of hydrogen-bond donors (Lipinski definition) is 2. The summed E-state index contributed by atoms with van der Waals surface area (Å²) in [7, 11) is -4.00. The molecule has 12 heteroatoms. The number of carbonyl (C=O) groups is 1. The number of nitrogens with one attached hydrogen (secondary N) is 2. The lowest BCUT2D eigenvalue weighted by Crippen LogP contribution is -2.52. The van der Waals surface area contributed by atoms with Gasteiger partial charge in [0.15, 0.2) is 0 Å². The third-order valence-corrected chi connectivity index (χ3v) is 7.82. The van der Waals surface area contributed by atoms with Crippen LogP contribution in [0.15, 0.2) is 76.8 Å². The van der Waals surface area contributed by atoms with Gasteiger partial charge in [-0.05, 0) is 50.1 Å². The zero-order valence-corrected chi connectivity index (χ0v) is 21.9. The zero-order chi connectivity index (χ0) is 28.1. The molecule has 3 rings (SSSR count). The van der Waals surface area contributed by atoms with Crippen LogP contribution in [0.5, 0.6) is 0 Å². The van der Waals surface area contributed by atoms with Gasteiger partial charge in [0.25, 0.3) is 10.0 Å². The van der Waals surface area contributed by atoms with Crippen molar-refractivity contribution in [3.05, 3.63) is 78.3 Å². The maximum Gasteiger partial charge on any atom is 0.390 e. The summed E-state index contributed by atoms with van der Waals surface area (Å²) < 4.78 is 78.8. The van der Waals surface area contributed by atoms with Crippen LogP contribution in [-0.4, -0.2) is 48.8 Å². The molecule has 1 aliphatic rings. The maximum absolute atomic E-state index is 13.5. The second-order valence-corrected chi connectivity index (χ2v) is 11.3. The van der Waals surface area contributed by atoms with Gasteiger partial charge in [-0.25, -0.2) is 12.8 Å². The standard InChI is InChI=1S/C26H30F4N4O3S/c1-18(9-14-22-32-23(25(2,3)33-22)24(35)31-16-15-26(28,29)30)34(17-19-10-12-20(27)13-11-19)38(36,37)21-7-5-4-6-8-21/h4-8,10-13,23H,1,9,14-17H2,2-3H3,(H,31,35)(H,32,33)/t23-/m0/s1. The van der Waals surface area contributed by atoms with Crippen molar-refractivity contribution in [3.63, 3.8) is 0 Å². The largest absolute Gasteiger partial charge is 0.390 e. The lowest BCUT2D eigenvalue weighted by atomic mass is 9.96. The Kier molecular flexibility index (Phi) is 8.86. The summed E-state index contributed by atoms with van der Waals surface area (Å²) in [6.07, 6.45) is -5.16. The van der Waals surface area contributed by atoms with E-state index in [-0.39, 0.29) is 30.0 Å². The fourth-order valence-corrected chi connectivity index (χ4v) is 5.47. The van der Waals surface area contributed by atoms with Crippen molar-refractivity contribution in [2.45, 2.75) is 62.3 Å². The van der Waals surface area contributed by atoms with Gasteiger partial charge in [0.05, 0.1) is 29.2 Å². The summed E-state index contributed by atoms with van der Waals surface area (Å²) in [6.45, 7) is 6.71. The first-order valence-electron chi connectivity index (χ1n) is 11.9. The molecule has 0 radical (unpaired) electrons. The van der Waals surface area contributed by atoms with E-state index in [1.54, 1.807) is 32.0 Å². The van der Waals surface area contributed by atoms with E-state index in [2.05, 4.69) is 22.2 Å². The van der Waals surface area contributed by atoms with Crippen molar-refractivity contribution in [1.82, 2.24) is 14.9 Å². The van der Waals surface area contributed by atoms with Crippen molar-refractivity contribution < 1.29 is 30.8 Å². The molecule has 0 saturated heterocycles.